The van der Waals surface area contributed by atoms with E-state index in [2.05, 4.69) is 33.6 Å². The first-order valence-corrected chi connectivity index (χ1v) is 9.15. The van der Waals surface area contributed by atoms with Gasteiger partial charge in [0.25, 0.3) is 0 Å². The molecule has 1 saturated heterocycles. The molecule has 0 radical (unpaired) electrons. The second kappa shape index (κ2) is 8.56. The van der Waals surface area contributed by atoms with E-state index in [0.29, 0.717) is 11.7 Å². The number of benzene rings is 1. The first-order chi connectivity index (χ1) is 12.1. The largest absolute Gasteiger partial charge is 0.383 e. The van der Waals surface area contributed by atoms with Crippen LogP contribution in [0.4, 0.5) is 5.82 Å². The molecule has 0 aliphatic carbocycles. The highest BCUT2D eigenvalue weighted by atomic mass is 16.5. The molecule has 136 valence electrons. The van der Waals surface area contributed by atoms with Crippen molar-refractivity contribution in [3.63, 3.8) is 0 Å². The maximum Gasteiger partial charge on any atom is 0.145 e. The van der Waals surface area contributed by atoms with Gasteiger partial charge in [0.2, 0.25) is 0 Å². The number of nitrogens with two attached hydrogens (primary N) is 1. The Kier molecular flexibility index (Phi) is 6.18. The third kappa shape index (κ3) is 5.11. The van der Waals surface area contributed by atoms with Crippen LogP contribution in [0.3, 0.4) is 0 Å². The van der Waals surface area contributed by atoms with Crippen LogP contribution < -0.4 is 5.73 Å². The van der Waals surface area contributed by atoms with Crippen molar-refractivity contribution in [1.29, 1.82) is 0 Å². The molecule has 0 atom stereocenters. The molecule has 6 heteroatoms. The molecular formula is C19H29N5O. The molecule has 2 heterocycles. The lowest BCUT2D eigenvalue weighted by molar-refractivity contribution is 0.0624. The van der Waals surface area contributed by atoms with Crippen molar-refractivity contribution in [2.24, 2.45) is 5.92 Å². The molecule has 0 spiro atoms. The minimum absolute atomic E-state index is 0.571. The molecule has 1 aromatic heterocycles. The number of piperazine rings is 1. The molecule has 25 heavy (non-hydrogen) atoms. The predicted octanol–water partition coefficient (Wildman–Crippen LogP) is 2.00. The van der Waals surface area contributed by atoms with Crippen LogP contribution in [0.5, 0.6) is 0 Å². The zero-order valence-electron chi connectivity index (χ0n) is 15.3. The molecule has 3 rings (SSSR count). The minimum atomic E-state index is 0.571. The van der Waals surface area contributed by atoms with Gasteiger partial charge in [-0.15, -0.1) is 0 Å². The maximum absolute atomic E-state index is 6.08. The van der Waals surface area contributed by atoms with E-state index in [1.807, 2.05) is 24.3 Å². The monoisotopic (exact) mass is 343 g/mol. The van der Waals surface area contributed by atoms with Crippen LogP contribution >= 0.6 is 0 Å². The van der Waals surface area contributed by atoms with E-state index < -0.39 is 0 Å². The average Bonchev–Trinajstić information content (AvgIpc) is 2.60. The number of hydrogen-bond donors (Lipinski definition) is 1. The number of anilines is 1. The number of nitrogen functional groups attached to an aromatic ring is 1. The van der Waals surface area contributed by atoms with Gasteiger partial charge >= 0.3 is 0 Å². The number of rotatable bonds is 7. The van der Waals surface area contributed by atoms with Crippen molar-refractivity contribution in [3.8, 4) is 0 Å². The second-order valence-corrected chi connectivity index (χ2v) is 7.13. The van der Waals surface area contributed by atoms with Gasteiger partial charge in [-0.3, -0.25) is 9.80 Å². The molecule has 1 aliphatic rings. The van der Waals surface area contributed by atoms with E-state index in [0.717, 1.165) is 69.2 Å². The Labute approximate surface area is 150 Å². The van der Waals surface area contributed by atoms with Crippen LogP contribution in [0.15, 0.2) is 24.3 Å². The fraction of sp³-hybridized carbons (Fsp3) is 0.579. The number of hydrogen-bond acceptors (Lipinski definition) is 6. The van der Waals surface area contributed by atoms with E-state index in [1.54, 1.807) is 0 Å². The Morgan fingerprint density at radius 1 is 1.08 bits per heavy atom. The summed E-state index contributed by atoms with van der Waals surface area (Å²) >= 11 is 0. The van der Waals surface area contributed by atoms with Crippen LogP contribution in [0.2, 0.25) is 0 Å². The van der Waals surface area contributed by atoms with E-state index in [9.17, 15) is 0 Å². The van der Waals surface area contributed by atoms with Gasteiger partial charge in [-0.05, 0) is 18.1 Å². The number of ether oxygens (including phenoxy) is 1. The number of aromatic nitrogens is 2. The number of para-hydroxylation sites is 1. The number of fused-ring (bicyclic) bond motifs is 1. The minimum Gasteiger partial charge on any atom is -0.383 e. The van der Waals surface area contributed by atoms with Crippen LogP contribution in [-0.2, 0) is 11.3 Å². The van der Waals surface area contributed by atoms with Crippen molar-refractivity contribution in [3.05, 3.63) is 30.1 Å². The summed E-state index contributed by atoms with van der Waals surface area (Å²) in [4.78, 5) is 14.0. The summed E-state index contributed by atoms with van der Waals surface area (Å²) in [5, 5.41) is 0.928. The third-order valence-corrected chi connectivity index (χ3v) is 4.51. The Bertz CT molecular complexity index is 683. The zero-order valence-corrected chi connectivity index (χ0v) is 15.3. The van der Waals surface area contributed by atoms with Gasteiger partial charge < -0.3 is 10.5 Å². The van der Waals surface area contributed by atoms with Gasteiger partial charge in [0.1, 0.15) is 11.6 Å². The molecule has 2 aromatic rings. The quantitative estimate of drug-likeness (QED) is 0.776. The van der Waals surface area contributed by atoms with Crippen molar-refractivity contribution in [2.45, 2.75) is 20.4 Å². The van der Waals surface area contributed by atoms with E-state index in [1.165, 1.54) is 0 Å². The van der Waals surface area contributed by atoms with Gasteiger partial charge in [-0.1, -0.05) is 26.0 Å². The Morgan fingerprint density at radius 2 is 1.80 bits per heavy atom. The molecule has 0 amide bonds. The Morgan fingerprint density at radius 3 is 2.56 bits per heavy atom. The summed E-state index contributed by atoms with van der Waals surface area (Å²) in [6, 6.07) is 7.91. The second-order valence-electron chi connectivity index (χ2n) is 7.13. The summed E-state index contributed by atoms with van der Waals surface area (Å²) < 4.78 is 5.69. The number of nitrogens with zero attached hydrogens (tertiary/aromatic N) is 4. The van der Waals surface area contributed by atoms with Crippen molar-refractivity contribution >= 4 is 16.7 Å². The molecular weight excluding hydrogens is 314 g/mol. The summed E-state index contributed by atoms with van der Waals surface area (Å²) in [7, 11) is 0. The Hall–Kier alpha value is -1.76. The van der Waals surface area contributed by atoms with Crippen LogP contribution in [0.25, 0.3) is 10.9 Å². The molecule has 2 N–H and O–H groups in total. The standard InChI is InChI=1S/C19H29N5O/c1-15(2)14-25-12-11-23-7-9-24(10-8-23)13-18-21-17-6-4-3-5-16(17)19(20)22-18/h3-6,15H,7-14H2,1-2H3,(H2,20,21,22). The smallest absolute Gasteiger partial charge is 0.145 e. The first-order valence-electron chi connectivity index (χ1n) is 9.15. The highest BCUT2D eigenvalue weighted by Gasteiger charge is 2.18. The lowest BCUT2D eigenvalue weighted by atomic mass is 10.2. The van der Waals surface area contributed by atoms with Gasteiger partial charge in [-0.2, -0.15) is 0 Å². The zero-order chi connectivity index (χ0) is 17.6. The normalized spacial score (nSPS) is 16.8. The van der Waals surface area contributed by atoms with E-state index >= 15 is 0 Å². The lowest BCUT2D eigenvalue weighted by Crippen LogP contribution is -2.47. The molecule has 0 bridgehead atoms. The summed E-state index contributed by atoms with van der Waals surface area (Å²) in [5.74, 6) is 1.98. The summed E-state index contributed by atoms with van der Waals surface area (Å²) in [5.41, 5.74) is 7.00. The highest BCUT2D eigenvalue weighted by Crippen LogP contribution is 2.18. The van der Waals surface area contributed by atoms with E-state index in [-0.39, 0.29) is 0 Å². The average molecular weight is 343 g/mol. The molecule has 6 nitrogen and oxygen atoms in total. The Balaban J connectivity index is 1.48. The van der Waals surface area contributed by atoms with Gasteiger partial charge in [-0.25, -0.2) is 9.97 Å². The fourth-order valence-corrected chi connectivity index (χ4v) is 3.11. The predicted molar refractivity (Wildman–Crippen MR) is 101 cm³/mol. The van der Waals surface area contributed by atoms with Crippen LogP contribution in [0, 0.1) is 5.92 Å². The van der Waals surface area contributed by atoms with Gasteiger partial charge in [0.15, 0.2) is 0 Å². The topological polar surface area (TPSA) is 67.5 Å². The highest BCUT2D eigenvalue weighted by molar-refractivity contribution is 5.87. The maximum atomic E-state index is 6.08. The van der Waals surface area contributed by atoms with Crippen molar-refractivity contribution in [2.75, 3.05) is 51.7 Å². The first kappa shape index (κ1) is 18.0. The fourth-order valence-electron chi connectivity index (χ4n) is 3.11. The molecule has 1 aromatic carbocycles. The molecule has 0 unspecified atom stereocenters. The summed E-state index contributed by atoms with van der Waals surface area (Å²) in [6.07, 6.45) is 0. The van der Waals surface area contributed by atoms with Gasteiger partial charge in [0.05, 0.1) is 18.7 Å². The molecule has 1 aliphatic heterocycles. The molecule has 0 saturated carbocycles. The van der Waals surface area contributed by atoms with Crippen LogP contribution in [-0.4, -0.2) is 65.7 Å². The SMILES string of the molecule is CC(C)COCCN1CCN(Cc2nc(N)c3ccccc3n2)CC1. The molecule has 1 fully saturated rings. The van der Waals surface area contributed by atoms with E-state index in [4.69, 9.17) is 10.5 Å². The van der Waals surface area contributed by atoms with Crippen LogP contribution in [0.1, 0.15) is 19.7 Å². The summed E-state index contributed by atoms with van der Waals surface area (Å²) in [6.45, 7) is 12.0. The van der Waals surface area contributed by atoms with Crippen molar-refractivity contribution in [1.82, 2.24) is 19.8 Å². The lowest BCUT2D eigenvalue weighted by Gasteiger charge is -2.34. The van der Waals surface area contributed by atoms with Gasteiger partial charge in [0, 0.05) is 44.7 Å². The third-order valence-electron chi connectivity index (χ3n) is 4.51. The van der Waals surface area contributed by atoms with Crippen molar-refractivity contribution < 1.29 is 4.74 Å².